The summed E-state index contributed by atoms with van der Waals surface area (Å²) in [6.45, 7) is 6.22. The van der Waals surface area contributed by atoms with Gasteiger partial charge in [-0.25, -0.2) is 8.42 Å². The molecule has 0 saturated carbocycles. The lowest BCUT2D eigenvalue weighted by Crippen LogP contribution is -2.29. The largest absolute Gasteiger partial charge is 0.317 e. The van der Waals surface area contributed by atoms with Gasteiger partial charge in [0.05, 0.1) is 5.75 Å². The third kappa shape index (κ3) is 5.32. The van der Waals surface area contributed by atoms with Crippen LogP contribution in [0.2, 0.25) is 0 Å². The molecule has 1 heterocycles. The second kappa shape index (κ2) is 7.27. The molecule has 1 fully saturated rings. The predicted molar refractivity (Wildman–Crippen MR) is 88.2 cm³/mol. The SMILES string of the molecule is CC(C)c1cccc(NS(=O)(=O)CCC2CCNCC2)c1. The van der Waals surface area contributed by atoms with Crippen LogP contribution in [0.3, 0.4) is 0 Å². The first-order chi connectivity index (χ1) is 9.96. The lowest BCUT2D eigenvalue weighted by Gasteiger charge is -2.22. The number of anilines is 1. The van der Waals surface area contributed by atoms with Gasteiger partial charge in [-0.15, -0.1) is 0 Å². The minimum Gasteiger partial charge on any atom is -0.317 e. The van der Waals surface area contributed by atoms with Crippen molar-refractivity contribution in [1.82, 2.24) is 5.32 Å². The smallest absolute Gasteiger partial charge is 0.232 e. The highest BCUT2D eigenvalue weighted by Crippen LogP contribution is 2.21. The molecular formula is C16H26N2O2S. The van der Waals surface area contributed by atoms with Crippen molar-refractivity contribution in [3.8, 4) is 0 Å². The maximum absolute atomic E-state index is 12.2. The maximum atomic E-state index is 12.2. The fraction of sp³-hybridized carbons (Fsp3) is 0.625. The van der Waals surface area contributed by atoms with E-state index < -0.39 is 10.0 Å². The Balaban J connectivity index is 1.92. The number of benzene rings is 1. The summed E-state index contributed by atoms with van der Waals surface area (Å²) in [4.78, 5) is 0. The van der Waals surface area contributed by atoms with Crippen LogP contribution in [0, 0.1) is 5.92 Å². The summed E-state index contributed by atoms with van der Waals surface area (Å²) < 4.78 is 27.1. The fourth-order valence-electron chi connectivity index (χ4n) is 2.68. The Bertz CT molecular complexity index is 549. The standard InChI is InChI=1S/C16H26N2O2S/c1-13(2)15-4-3-5-16(12-15)18-21(19,20)11-8-14-6-9-17-10-7-14/h3-5,12-14,17-18H,6-11H2,1-2H3. The molecule has 118 valence electrons. The van der Waals surface area contributed by atoms with Crippen LogP contribution >= 0.6 is 0 Å². The van der Waals surface area contributed by atoms with Gasteiger partial charge in [0.15, 0.2) is 0 Å². The van der Waals surface area contributed by atoms with Crippen molar-refractivity contribution in [3.63, 3.8) is 0 Å². The summed E-state index contributed by atoms with van der Waals surface area (Å²) in [6, 6.07) is 7.66. The lowest BCUT2D eigenvalue weighted by atomic mass is 9.96. The number of hydrogen-bond acceptors (Lipinski definition) is 3. The van der Waals surface area contributed by atoms with Gasteiger partial charge >= 0.3 is 0 Å². The molecule has 1 aromatic carbocycles. The Kier molecular flexibility index (Phi) is 5.65. The van der Waals surface area contributed by atoms with Crippen LogP contribution in [0.5, 0.6) is 0 Å². The number of piperidine rings is 1. The Labute approximate surface area is 128 Å². The maximum Gasteiger partial charge on any atom is 0.232 e. The highest BCUT2D eigenvalue weighted by atomic mass is 32.2. The van der Waals surface area contributed by atoms with Gasteiger partial charge in [0, 0.05) is 5.69 Å². The van der Waals surface area contributed by atoms with Crippen molar-refractivity contribution in [2.45, 2.75) is 39.0 Å². The number of sulfonamides is 1. The Hall–Kier alpha value is -1.07. The first-order valence-electron chi connectivity index (χ1n) is 7.77. The van der Waals surface area contributed by atoms with Crippen molar-refractivity contribution in [2.24, 2.45) is 5.92 Å². The third-order valence-corrected chi connectivity index (χ3v) is 5.40. The minimum atomic E-state index is -3.25. The van der Waals surface area contributed by atoms with Gasteiger partial charge < -0.3 is 5.32 Å². The second-order valence-corrected chi connectivity index (χ2v) is 8.03. The topological polar surface area (TPSA) is 58.2 Å². The summed E-state index contributed by atoms with van der Waals surface area (Å²) in [7, 11) is -3.25. The molecular weight excluding hydrogens is 284 g/mol. The van der Waals surface area contributed by atoms with Crippen LogP contribution in [0.1, 0.15) is 44.6 Å². The minimum absolute atomic E-state index is 0.212. The van der Waals surface area contributed by atoms with E-state index in [1.54, 1.807) is 0 Å². The van der Waals surface area contributed by atoms with E-state index in [2.05, 4.69) is 23.9 Å². The molecule has 1 saturated heterocycles. The summed E-state index contributed by atoms with van der Waals surface area (Å²) in [5.74, 6) is 1.14. The second-order valence-electron chi connectivity index (χ2n) is 6.18. The summed E-state index contributed by atoms with van der Waals surface area (Å²) >= 11 is 0. The lowest BCUT2D eigenvalue weighted by molar-refractivity contribution is 0.365. The van der Waals surface area contributed by atoms with E-state index in [4.69, 9.17) is 0 Å². The van der Waals surface area contributed by atoms with Gasteiger partial charge in [0.1, 0.15) is 0 Å². The number of rotatable bonds is 6. The van der Waals surface area contributed by atoms with Gasteiger partial charge in [0.25, 0.3) is 0 Å². The van der Waals surface area contributed by atoms with Crippen molar-refractivity contribution in [3.05, 3.63) is 29.8 Å². The zero-order chi connectivity index (χ0) is 15.3. The molecule has 0 unspecified atom stereocenters. The molecule has 0 amide bonds. The molecule has 0 aliphatic carbocycles. The zero-order valence-corrected chi connectivity index (χ0v) is 13.7. The van der Waals surface area contributed by atoms with E-state index in [0.717, 1.165) is 37.9 Å². The predicted octanol–water partition coefficient (Wildman–Crippen LogP) is 2.94. The first-order valence-corrected chi connectivity index (χ1v) is 9.42. The molecule has 1 aliphatic heterocycles. The average Bonchev–Trinajstić information content (AvgIpc) is 2.46. The van der Waals surface area contributed by atoms with Gasteiger partial charge in [-0.05, 0) is 61.9 Å². The monoisotopic (exact) mass is 310 g/mol. The summed E-state index contributed by atoms with van der Waals surface area (Å²) in [6.07, 6.45) is 2.91. The molecule has 4 nitrogen and oxygen atoms in total. The fourth-order valence-corrected chi connectivity index (χ4v) is 3.92. The molecule has 0 bridgehead atoms. The van der Waals surface area contributed by atoms with Crippen molar-refractivity contribution < 1.29 is 8.42 Å². The first kappa shape index (κ1) is 16.3. The molecule has 0 spiro atoms. The highest BCUT2D eigenvalue weighted by molar-refractivity contribution is 7.92. The van der Waals surface area contributed by atoms with Crippen LogP contribution in [-0.2, 0) is 10.0 Å². The molecule has 0 radical (unpaired) electrons. The Morgan fingerprint density at radius 2 is 2.00 bits per heavy atom. The van der Waals surface area contributed by atoms with Crippen LogP contribution in [0.15, 0.2) is 24.3 Å². The third-order valence-electron chi connectivity index (χ3n) is 4.08. The number of nitrogens with one attached hydrogen (secondary N) is 2. The van der Waals surface area contributed by atoms with Crippen LogP contribution < -0.4 is 10.0 Å². The van der Waals surface area contributed by atoms with E-state index in [1.165, 1.54) is 0 Å². The Morgan fingerprint density at radius 1 is 1.29 bits per heavy atom. The summed E-state index contributed by atoms with van der Waals surface area (Å²) in [5.41, 5.74) is 1.82. The van der Waals surface area contributed by atoms with Crippen molar-refractivity contribution in [1.29, 1.82) is 0 Å². The molecule has 2 rings (SSSR count). The highest BCUT2D eigenvalue weighted by Gasteiger charge is 2.18. The van der Waals surface area contributed by atoms with Crippen LogP contribution in [0.25, 0.3) is 0 Å². The van der Waals surface area contributed by atoms with Crippen molar-refractivity contribution >= 4 is 15.7 Å². The van der Waals surface area contributed by atoms with Gasteiger partial charge in [-0.3, -0.25) is 4.72 Å². The average molecular weight is 310 g/mol. The number of hydrogen-bond donors (Lipinski definition) is 2. The molecule has 5 heteroatoms. The molecule has 1 aromatic rings. The van der Waals surface area contributed by atoms with Gasteiger partial charge in [-0.2, -0.15) is 0 Å². The van der Waals surface area contributed by atoms with E-state index in [0.29, 0.717) is 17.5 Å². The molecule has 21 heavy (non-hydrogen) atoms. The van der Waals surface area contributed by atoms with E-state index in [-0.39, 0.29) is 5.75 Å². The normalized spacial score (nSPS) is 17.1. The summed E-state index contributed by atoms with van der Waals surface area (Å²) in [5, 5.41) is 3.30. The van der Waals surface area contributed by atoms with Gasteiger partial charge in [-0.1, -0.05) is 26.0 Å². The van der Waals surface area contributed by atoms with Gasteiger partial charge in [0.2, 0.25) is 10.0 Å². The molecule has 1 aliphatic rings. The van der Waals surface area contributed by atoms with E-state index >= 15 is 0 Å². The van der Waals surface area contributed by atoms with Crippen LogP contribution in [-0.4, -0.2) is 27.3 Å². The quantitative estimate of drug-likeness (QED) is 0.849. The van der Waals surface area contributed by atoms with E-state index in [9.17, 15) is 8.42 Å². The Morgan fingerprint density at radius 3 is 2.67 bits per heavy atom. The van der Waals surface area contributed by atoms with E-state index in [1.807, 2.05) is 24.3 Å². The molecule has 2 N–H and O–H groups in total. The zero-order valence-electron chi connectivity index (χ0n) is 12.9. The van der Waals surface area contributed by atoms with Crippen LogP contribution in [0.4, 0.5) is 5.69 Å². The molecule has 0 aromatic heterocycles. The molecule has 0 atom stereocenters. The van der Waals surface area contributed by atoms with Crippen molar-refractivity contribution in [2.75, 3.05) is 23.6 Å².